The average molecular weight is 294 g/mol. The van der Waals surface area contributed by atoms with Gasteiger partial charge in [-0.25, -0.2) is 0 Å². The topological polar surface area (TPSA) is 45.2 Å². The van der Waals surface area contributed by atoms with Crippen molar-refractivity contribution in [3.63, 3.8) is 0 Å². The number of rotatable bonds is 6. The first kappa shape index (κ1) is 16.1. The average Bonchev–Trinajstić information content (AvgIpc) is 2.70. The van der Waals surface area contributed by atoms with Gasteiger partial charge < -0.3 is 19.5 Å². The molecule has 21 heavy (non-hydrogen) atoms. The van der Waals surface area contributed by atoms with Gasteiger partial charge in [0.05, 0.1) is 7.11 Å². The Kier molecular flexibility index (Phi) is 6.29. The number of likely N-dealkylation sites (N-methyl/N-ethyl adjacent to an activating group) is 1. The molecule has 1 aromatic carbocycles. The quantitative estimate of drug-likeness (QED) is 0.850. The summed E-state index contributed by atoms with van der Waals surface area (Å²) in [6.07, 6.45) is 0.662. The van der Waals surface area contributed by atoms with E-state index in [-0.39, 0.29) is 6.61 Å². The van der Waals surface area contributed by atoms with Crippen LogP contribution < -0.4 is 9.47 Å². The van der Waals surface area contributed by atoms with Crippen LogP contribution in [0, 0.1) is 0 Å². The second-order valence-electron chi connectivity index (χ2n) is 5.57. The molecule has 1 aliphatic heterocycles. The molecule has 1 heterocycles. The van der Waals surface area contributed by atoms with E-state index in [4.69, 9.17) is 9.47 Å². The Bertz CT molecular complexity index is 428. The molecule has 0 unspecified atom stereocenters. The lowest BCUT2D eigenvalue weighted by molar-refractivity contribution is 0.0686. The Balaban J connectivity index is 1.77. The van der Waals surface area contributed by atoms with Crippen LogP contribution in [-0.4, -0.2) is 74.5 Å². The summed E-state index contributed by atoms with van der Waals surface area (Å²) in [4.78, 5) is 4.64. The van der Waals surface area contributed by atoms with Gasteiger partial charge in [0.25, 0.3) is 0 Å². The molecule has 5 nitrogen and oxygen atoms in total. The number of hydrogen-bond acceptors (Lipinski definition) is 5. The Labute approximate surface area is 127 Å². The van der Waals surface area contributed by atoms with E-state index in [1.54, 1.807) is 7.11 Å². The van der Waals surface area contributed by atoms with E-state index < -0.39 is 6.10 Å². The summed E-state index contributed by atoms with van der Waals surface area (Å²) in [6, 6.07) is 7.50. The minimum Gasteiger partial charge on any atom is -0.493 e. The van der Waals surface area contributed by atoms with Crippen molar-refractivity contribution >= 4 is 0 Å². The highest BCUT2D eigenvalue weighted by Gasteiger charge is 2.16. The zero-order valence-electron chi connectivity index (χ0n) is 13.0. The van der Waals surface area contributed by atoms with E-state index in [0.717, 1.165) is 32.6 Å². The first-order valence-electron chi connectivity index (χ1n) is 7.54. The first-order valence-corrected chi connectivity index (χ1v) is 7.54. The van der Waals surface area contributed by atoms with E-state index in [0.29, 0.717) is 18.0 Å². The molecule has 118 valence electrons. The van der Waals surface area contributed by atoms with Gasteiger partial charge in [-0.05, 0) is 38.7 Å². The van der Waals surface area contributed by atoms with E-state index in [1.165, 1.54) is 0 Å². The summed E-state index contributed by atoms with van der Waals surface area (Å²) < 4.78 is 10.9. The second-order valence-corrected chi connectivity index (χ2v) is 5.57. The highest BCUT2D eigenvalue weighted by atomic mass is 16.5. The lowest BCUT2D eigenvalue weighted by Gasteiger charge is -2.23. The third kappa shape index (κ3) is 5.19. The number of hydrogen-bond donors (Lipinski definition) is 1. The highest BCUT2D eigenvalue weighted by Crippen LogP contribution is 2.25. The van der Waals surface area contributed by atoms with Crippen molar-refractivity contribution in [2.24, 2.45) is 0 Å². The van der Waals surface area contributed by atoms with Crippen molar-refractivity contribution in [1.29, 1.82) is 0 Å². The molecule has 0 saturated carbocycles. The normalized spacial score (nSPS) is 19.0. The van der Waals surface area contributed by atoms with Crippen molar-refractivity contribution in [2.75, 3.05) is 53.5 Å². The fourth-order valence-corrected chi connectivity index (χ4v) is 2.56. The zero-order chi connectivity index (χ0) is 15.1. The Hall–Kier alpha value is -1.30. The van der Waals surface area contributed by atoms with Gasteiger partial charge in [-0.15, -0.1) is 0 Å². The van der Waals surface area contributed by atoms with Crippen LogP contribution in [0.15, 0.2) is 24.3 Å². The molecule has 1 fully saturated rings. The van der Waals surface area contributed by atoms with Gasteiger partial charge in [0, 0.05) is 19.6 Å². The number of ether oxygens (including phenoxy) is 2. The number of benzene rings is 1. The number of β-amino-alcohol motifs (C(OH)–C–C–N with tert-alkyl or cyclic N) is 1. The molecule has 1 atom stereocenters. The van der Waals surface area contributed by atoms with Crippen LogP contribution in [-0.2, 0) is 0 Å². The third-order valence-corrected chi connectivity index (χ3v) is 3.78. The smallest absolute Gasteiger partial charge is 0.161 e. The van der Waals surface area contributed by atoms with Gasteiger partial charge >= 0.3 is 0 Å². The van der Waals surface area contributed by atoms with Crippen molar-refractivity contribution in [3.05, 3.63) is 24.3 Å². The van der Waals surface area contributed by atoms with Crippen molar-refractivity contribution in [2.45, 2.75) is 12.5 Å². The zero-order valence-corrected chi connectivity index (χ0v) is 13.0. The Morgan fingerprint density at radius 3 is 2.67 bits per heavy atom. The number of aliphatic hydroxyl groups excluding tert-OH is 1. The van der Waals surface area contributed by atoms with Gasteiger partial charge in [0.1, 0.15) is 12.7 Å². The molecule has 0 aliphatic carbocycles. The summed E-state index contributed by atoms with van der Waals surface area (Å²) in [5.74, 6) is 1.37. The van der Waals surface area contributed by atoms with Crippen LogP contribution in [0.4, 0.5) is 0 Å². The van der Waals surface area contributed by atoms with E-state index in [1.807, 2.05) is 24.3 Å². The predicted octanol–water partition coefficient (Wildman–Crippen LogP) is 1.07. The van der Waals surface area contributed by atoms with Crippen LogP contribution >= 0.6 is 0 Å². The fraction of sp³-hybridized carbons (Fsp3) is 0.625. The molecule has 5 heteroatoms. The number of aliphatic hydroxyl groups is 1. The molecular formula is C16H26N2O3. The molecule has 1 aromatic rings. The number of nitrogens with zero attached hydrogens (tertiary/aromatic N) is 2. The van der Waals surface area contributed by atoms with Gasteiger partial charge in [-0.1, -0.05) is 12.1 Å². The van der Waals surface area contributed by atoms with Gasteiger partial charge in [0.2, 0.25) is 0 Å². The summed E-state index contributed by atoms with van der Waals surface area (Å²) in [5, 5.41) is 10.2. The highest BCUT2D eigenvalue weighted by molar-refractivity contribution is 5.39. The van der Waals surface area contributed by atoms with E-state index >= 15 is 0 Å². The van der Waals surface area contributed by atoms with Gasteiger partial charge in [-0.2, -0.15) is 0 Å². The third-order valence-electron chi connectivity index (χ3n) is 3.78. The SMILES string of the molecule is COc1ccccc1OC[C@@H](O)CN1CCCN(C)CC1. The minimum atomic E-state index is -0.488. The maximum absolute atomic E-state index is 10.2. The van der Waals surface area contributed by atoms with Crippen molar-refractivity contribution in [1.82, 2.24) is 9.80 Å². The van der Waals surface area contributed by atoms with Gasteiger partial charge in [-0.3, -0.25) is 4.90 Å². The van der Waals surface area contributed by atoms with E-state index in [9.17, 15) is 5.11 Å². The molecule has 0 spiro atoms. The molecule has 0 radical (unpaired) electrons. The lowest BCUT2D eigenvalue weighted by atomic mass is 10.3. The summed E-state index contributed by atoms with van der Waals surface area (Å²) in [6.45, 7) is 5.17. The maximum atomic E-state index is 10.2. The fourth-order valence-electron chi connectivity index (χ4n) is 2.56. The standard InChI is InChI=1S/C16H26N2O3/c1-17-8-5-9-18(11-10-17)12-14(19)13-21-16-7-4-3-6-15(16)20-2/h3-4,6-7,14,19H,5,8-13H2,1-2H3/t14-/m0/s1. The Morgan fingerprint density at radius 1 is 1.14 bits per heavy atom. The molecule has 2 rings (SSSR count). The molecule has 1 N–H and O–H groups in total. The monoisotopic (exact) mass is 294 g/mol. The second kappa shape index (κ2) is 8.22. The summed E-state index contributed by atoms with van der Waals surface area (Å²) >= 11 is 0. The van der Waals surface area contributed by atoms with E-state index in [2.05, 4.69) is 16.8 Å². The lowest BCUT2D eigenvalue weighted by Crippen LogP contribution is -2.37. The molecule has 0 amide bonds. The van der Waals surface area contributed by atoms with Crippen LogP contribution in [0.25, 0.3) is 0 Å². The minimum absolute atomic E-state index is 0.284. The number of methoxy groups -OCH3 is 1. The molecule has 0 bridgehead atoms. The molecule has 1 aliphatic rings. The molecule has 1 saturated heterocycles. The molecular weight excluding hydrogens is 268 g/mol. The number of para-hydroxylation sites is 2. The van der Waals surface area contributed by atoms with Crippen molar-refractivity contribution in [3.8, 4) is 11.5 Å². The Morgan fingerprint density at radius 2 is 1.90 bits per heavy atom. The van der Waals surface area contributed by atoms with Crippen LogP contribution in [0.1, 0.15) is 6.42 Å². The largest absolute Gasteiger partial charge is 0.493 e. The predicted molar refractivity (Wildman–Crippen MR) is 83.0 cm³/mol. The summed E-state index contributed by atoms with van der Waals surface area (Å²) in [5.41, 5.74) is 0. The maximum Gasteiger partial charge on any atom is 0.161 e. The van der Waals surface area contributed by atoms with Crippen LogP contribution in [0.2, 0.25) is 0 Å². The van der Waals surface area contributed by atoms with Crippen LogP contribution in [0.5, 0.6) is 11.5 Å². The first-order chi connectivity index (χ1) is 10.2. The van der Waals surface area contributed by atoms with Gasteiger partial charge in [0.15, 0.2) is 11.5 Å². The summed E-state index contributed by atoms with van der Waals surface area (Å²) in [7, 11) is 3.76. The van der Waals surface area contributed by atoms with Crippen molar-refractivity contribution < 1.29 is 14.6 Å². The van der Waals surface area contributed by atoms with Crippen LogP contribution in [0.3, 0.4) is 0 Å². The molecule has 0 aromatic heterocycles.